The monoisotopic (exact) mass is 244 g/mol. The Morgan fingerprint density at radius 3 is 2.93 bits per heavy atom. The second-order valence-electron chi connectivity index (χ2n) is 3.87. The van der Waals surface area contributed by atoms with Crippen molar-refractivity contribution in [2.45, 2.75) is 13.0 Å². The van der Waals surface area contributed by atoms with Gasteiger partial charge in [0.05, 0.1) is 15.7 Å². The minimum Gasteiger partial charge on any atom is -0.367 e. The number of nitrogens with zero attached hydrogens (tertiary/aromatic N) is 1. The molecule has 1 N–H and O–H groups in total. The number of nitrogens with one attached hydrogen (secondary N) is 1. The second-order valence-corrected chi connectivity index (χ2v) is 4.66. The number of benzene rings is 1. The Balaban J connectivity index is 2.24. The first-order valence-electron chi connectivity index (χ1n) is 5.11. The molecule has 15 heavy (non-hydrogen) atoms. The molecule has 1 saturated heterocycles. The van der Waals surface area contributed by atoms with Gasteiger partial charge in [-0.25, -0.2) is 0 Å². The van der Waals surface area contributed by atoms with Crippen LogP contribution >= 0.6 is 23.2 Å². The minimum absolute atomic E-state index is 0.494. The molecule has 1 heterocycles. The van der Waals surface area contributed by atoms with E-state index in [0.717, 1.165) is 25.3 Å². The molecule has 0 aliphatic carbocycles. The van der Waals surface area contributed by atoms with Crippen LogP contribution in [-0.2, 0) is 0 Å². The van der Waals surface area contributed by atoms with E-state index >= 15 is 0 Å². The summed E-state index contributed by atoms with van der Waals surface area (Å²) in [6.45, 7) is 5.11. The normalized spacial score (nSPS) is 21.8. The van der Waals surface area contributed by atoms with Crippen molar-refractivity contribution in [3.05, 3.63) is 28.2 Å². The van der Waals surface area contributed by atoms with Crippen LogP contribution in [0.2, 0.25) is 10.0 Å². The SMILES string of the molecule is CC1CN(c2cccc(Cl)c2Cl)CCN1. The van der Waals surface area contributed by atoms with Crippen LogP contribution in [0.3, 0.4) is 0 Å². The zero-order valence-electron chi connectivity index (χ0n) is 8.63. The largest absolute Gasteiger partial charge is 0.367 e. The fourth-order valence-corrected chi connectivity index (χ4v) is 2.30. The van der Waals surface area contributed by atoms with E-state index in [0.29, 0.717) is 16.1 Å². The standard InChI is InChI=1S/C11H14Cl2N2/c1-8-7-15(6-5-14-8)10-4-2-3-9(12)11(10)13/h2-4,8,14H,5-7H2,1H3. The molecule has 1 aromatic rings. The van der Waals surface area contributed by atoms with E-state index in [9.17, 15) is 0 Å². The average Bonchev–Trinajstić information content (AvgIpc) is 2.22. The van der Waals surface area contributed by atoms with Crippen LogP contribution in [0.5, 0.6) is 0 Å². The Morgan fingerprint density at radius 2 is 2.20 bits per heavy atom. The van der Waals surface area contributed by atoms with Gasteiger partial charge in [0.2, 0.25) is 0 Å². The van der Waals surface area contributed by atoms with Gasteiger partial charge >= 0.3 is 0 Å². The summed E-state index contributed by atoms with van der Waals surface area (Å²) in [7, 11) is 0. The van der Waals surface area contributed by atoms with Crippen LogP contribution in [-0.4, -0.2) is 25.7 Å². The van der Waals surface area contributed by atoms with Crippen molar-refractivity contribution < 1.29 is 0 Å². The maximum absolute atomic E-state index is 6.18. The molecule has 4 heteroatoms. The van der Waals surface area contributed by atoms with E-state index < -0.39 is 0 Å². The van der Waals surface area contributed by atoms with E-state index in [1.54, 1.807) is 0 Å². The lowest BCUT2D eigenvalue weighted by Crippen LogP contribution is -2.49. The molecule has 0 bridgehead atoms. The van der Waals surface area contributed by atoms with Crippen LogP contribution in [0.4, 0.5) is 5.69 Å². The van der Waals surface area contributed by atoms with Crippen molar-refractivity contribution >= 4 is 28.9 Å². The van der Waals surface area contributed by atoms with Crippen molar-refractivity contribution in [3.8, 4) is 0 Å². The fraction of sp³-hybridized carbons (Fsp3) is 0.455. The first-order valence-corrected chi connectivity index (χ1v) is 5.86. The molecule has 0 amide bonds. The highest BCUT2D eigenvalue weighted by Crippen LogP contribution is 2.32. The molecule has 0 spiro atoms. The summed E-state index contributed by atoms with van der Waals surface area (Å²) in [4.78, 5) is 2.27. The predicted molar refractivity (Wildman–Crippen MR) is 66.1 cm³/mol. The number of hydrogen-bond acceptors (Lipinski definition) is 2. The molecule has 1 unspecified atom stereocenters. The first kappa shape index (κ1) is 11.1. The van der Waals surface area contributed by atoms with Gasteiger partial charge in [0.25, 0.3) is 0 Å². The topological polar surface area (TPSA) is 15.3 Å². The van der Waals surface area contributed by atoms with Crippen molar-refractivity contribution in [2.75, 3.05) is 24.5 Å². The van der Waals surface area contributed by atoms with Crippen LogP contribution in [0.15, 0.2) is 18.2 Å². The summed E-state index contributed by atoms with van der Waals surface area (Å²) in [6.07, 6.45) is 0. The van der Waals surface area contributed by atoms with Gasteiger partial charge in [0, 0.05) is 25.7 Å². The predicted octanol–water partition coefficient (Wildman–Crippen LogP) is 2.79. The number of hydrogen-bond donors (Lipinski definition) is 1. The van der Waals surface area contributed by atoms with E-state index in [1.165, 1.54) is 0 Å². The van der Waals surface area contributed by atoms with Crippen molar-refractivity contribution in [2.24, 2.45) is 0 Å². The Hall–Kier alpha value is -0.440. The number of halogens is 2. The molecule has 82 valence electrons. The molecule has 2 rings (SSSR count). The quantitative estimate of drug-likeness (QED) is 0.818. The lowest BCUT2D eigenvalue weighted by molar-refractivity contribution is 0.485. The Bertz CT molecular complexity index is 354. The molecule has 0 saturated carbocycles. The van der Waals surface area contributed by atoms with E-state index in [2.05, 4.69) is 17.1 Å². The van der Waals surface area contributed by atoms with Crippen LogP contribution in [0.25, 0.3) is 0 Å². The highest BCUT2D eigenvalue weighted by atomic mass is 35.5. The summed E-state index contributed by atoms with van der Waals surface area (Å²) in [5.41, 5.74) is 1.04. The van der Waals surface area contributed by atoms with Gasteiger partial charge in [0.1, 0.15) is 0 Å². The van der Waals surface area contributed by atoms with Crippen LogP contribution in [0, 0.1) is 0 Å². The van der Waals surface area contributed by atoms with Gasteiger partial charge < -0.3 is 10.2 Å². The summed E-state index contributed by atoms with van der Waals surface area (Å²) in [6, 6.07) is 6.27. The molecule has 0 radical (unpaired) electrons. The number of rotatable bonds is 1. The van der Waals surface area contributed by atoms with Crippen LogP contribution in [0.1, 0.15) is 6.92 Å². The minimum atomic E-state index is 0.494. The maximum Gasteiger partial charge on any atom is 0.0825 e. The van der Waals surface area contributed by atoms with E-state index in [1.807, 2.05) is 18.2 Å². The Morgan fingerprint density at radius 1 is 1.40 bits per heavy atom. The summed E-state index contributed by atoms with van der Waals surface area (Å²) >= 11 is 12.2. The maximum atomic E-state index is 6.18. The lowest BCUT2D eigenvalue weighted by Gasteiger charge is -2.34. The van der Waals surface area contributed by atoms with Gasteiger partial charge in [-0.05, 0) is 19.1 Å². The highest BCUT2D eigenvalue weighted by Gasteiger charge is 2.18. The van der Waals surface area contributed by atoms with Crippen LogP contribution < -0.4 is 10.2 Å². The molecular weight excluding hydrogens is 231 g/mol. The highest BCUT2D eigenvalue weighted by molar-refractivity contribution is 6.43. The zero-order valence-corrected chi connectivity index (χ0v) is 10.1. The van der Waals surface area contributed by atoms with Gasteiger partial charge in [-0.15, -0.1) is 0 Å². The number of piperazine rings is 1. The third kappa shape index (κ3) is 2.39. The van der Waals surface area contributed by atoms with Gasteiger partial charge in [0.15, 0.2) is 0 Å². The van der Waals surface area contributed by atoms with Gasteiger partial charge in [-0.1, -0.05) is 29.3 Å². The second kappa shape index (κ2) is 4.60. The van der Waals surface area contributed by atoms with Gasteiger partial charge in [-0.2, -0.15) is 0 Å². The fourth-order valence-electron chi connectivity index (χ4n) is 1.89. The average molecular weight is 245 g/mol. The molecule has 0 aromatic heterocycles. The Labute approximate surface area is 100 Å². The van der Waals surface area contributed by atoms with Crippen molar-refractivity contribution in [3.63, 3.8) is 0 Å². The molecule has 1 atom stereocenters. The Kier molecular flexibility index (Phi) is 3.39. The van der Waals surface area contributed by atoms with Crippen molar-refractivity contribution in [1.82, 2.24) is 5.32 Å². The number of anilines is 1. The molecule has 1 aromatic carbocycles. The molecular formula is C11H14Cl2N2. The molecule has 1 aliphatic rings. The summed E-state index contributed by atoms with van der Waals surface area (Å²) in [5, 5.41) is 4.68. The van der Waals surface area contributed by atoms with E-state index in [4.69, 9.17) is 23.2 Å². The molecule has 2 nitrogen and oxygen atoms in total. The third-order valence-corrected chi connectivity index (χ3v) is 3.45. The summed E-state index contributed by atoms with van der Waals surface area (Å²) in [5.74, 6) is 0. The zero-order chi connectivity index (χ0) is 10.8. The third-order valence-electron chi connectivity index (χ3n) is 2.64. The summed E-state index contributed by atoms with van der Waals surface area (Å²) < 4.78 is 0. The molecule has 1 aliphatic heterocycles. The first-order chi connectivity index (χ1) is 7.18. The lowest BCUT2D eigenvalue weighted by atomic mass is 10.2. The van der Waals surface area contributed by atoms with Crippen molar-refractivity contribution in [1.29, 1.82) is 0 Å². The van der Waals surface area contributed by atoms with Gasteiger partial charge in [-0.3, -0.25) is 0 Å². The van der Waals surface area contributed by atoms with E-state index in [-0.39, 0.29) is 0 Å². The smallest absolute Gasteiger partial charge is 0.0825 e. The molecule has 1 fully saturated rings.